The van der Waals surface area contributed by atoms with Gasteiger partial charge < -0.3 is 0 Å². The van der Waals surface area contributed by atoms with E-state index in [1.807, 2.05) is 6.07 Å². The molecular formula is C10H12ClN. The molecule has 1 aliphatic carbocycles. The second-order valence-electron chi connectivity index (χ2n) is 3.57. The lowest BCUT2D eigenvalue weighted by atomic mass is 9.88. The standard InChI is InChI=1S/C10H12ClN/c1-7-2-3-10-8(6-7)9(11)4-5-12-10/h4-5,7H,2-3,6H2,1H3. The smallest absolute Gasteiger partial charge is 0.0471 e. The Hall–Kier alpha value is -0.560. The molecule has 1 atom stereocenters. The van der Waals surface area contributed by atoms with Gasteiger partial charge in [-0.05, 0) is 36.8 Å². The van der Waals surface area contributed by atoms with Crippen LogP contribution in [0.5, 0.6) is 0 Å². The number of aromatic nitrogens is 1. The SMILES string of the molecule is CC1CCc2nccc(Cl)c2C1. The highest BCUT2D eigenvalue weighted by molar-refractivity contribution is 6.31. The van der Waals surface area contributed by atoms with E-state index in [2.05, 4.69) is 11.9 Å². The molecule has 1 aromatic heterocycles. The van der Waals surface area contributed by atoms with Crippen LogP contribution in [-0.2, 0) is 12.8 Å². The van der Waals surface area contributed by atoms with E-state index in [1.165, 1.54) is 17.7 Å². The number of nitrogens with zero attached hydrogens (tertiary/aromatic N) is 1. The fraction of sp³-hybridized carbons (Fsp3) is 0.500. The van der Waals surface area contributed by atoms with E-state index < -0.39 is 0 Å². The third kappa shape index (κ3) is 1.34. The Balaban J connectivity index is 2.43. The molecule has 0 fully saturated rings. The zero-order valence-corrected chi connectivity index (χ0v) is 7.93. The second-order valence-corrected chi connectivity index (χ2v) is 3.97. The molecule has 0 aromatic carbocycles. The average molecular weight is 182 g/mol. The minimum absolute atomic E-state index is 0.763. The van der Waals surface area contributed by atoms with Crippen molar-refractivity contribution in [2.24, 2.45) is 5.92 Å². The van der Waals surface area contributed by atoms with Crippen LogP contribution in [0.3, 0.4) is 0 Å². The Labute approximate surface area is 77.8 Å². The van der Waals surface area contributed by atoms with Crippen molar-refractivity contribution in [2.45, 2.75) is 26.2 Å². The van der Waals surface area contributed by atoms with E-state index in [0.717, 1.165) is 23.8 Å². The third-order valence-corrected chi connectivity index (χ3v) is 2.87. The fourth-order valence-corrected chi connectivity index (χ4v) is 2.02. The van der Waals surface area contributed by atoms with E-state index in [-0.39, 0.29) is 0 Å². The van der Waals surface area contributed by atoms with Crippen molar-refractivity contribution >= 4 is 11.6 Å². The molecule has 1 heterocycles. The molecule has 0 radical (unpaired) electrons. The van der Waals surface area contributed by atoms with E-state index in [0.29, 0.717) is 0 Å². The van der Waals surface area contributed by atoms with Crippen LogP contribution < -0.4 is 0 Å². The predicted molar refractivity (Wildman–Crippen MR) is 50.4 cm³/mol. The molecular weight excluding hydrogens is 170 g/mol. The number of rotatable bonds is 0. The van der Waals surface area contributed by atoms with Gasteiger partial charge in [0.1, 0.15) is 0 Å². The molecule has 0 spiro atoms. The molecule has 2 heteroatoms. The minimum Gasteiger partial charge on any atom is -0.261 e. The van der Waals surface area contributed by atoms with Crippen molar-refractivity contribution in [1.29, 1.82) is 0 Å². The first-order valence-corrected chi connectivity index (χ1v) is 4.77. The molecule has 0 saturated carbocycles. The van der Waals surface area contributed by atoms with E-state index in [4.69, 9.17) is 11.6 Å². The molecule has 64 valence electrons. The summed E-state index contributed by atoms with van der Waals surface area (Å²) in [5.74, 6) is 0.763. The first kappa shape index (κ1) is 8.06. The lowest BCUT2D eigenvalue weighted by molar-refractivity contribution is 0.494. The molecule has 0 aliphatic heterocycles. The Morgan fingerprint density at radius 1 is 1.58 bits per heavy atom. The van der Waals surface area contributed by atoms with Gasteiger partial charge in [0.25, 0.3) is 0 Å². The quantitative estimate of drug-likeness (QED) is 0.600. The van der Waals surface area contributed by atoms with Gasteiger partial charge in [0.2, 0.25) is 0 Å². The van der Waals surface area contributed by atoms with Gasteiger partial charge in [0.15, 0.2) is 0 Å². The Kier molecular flexibility index (Phi) is 2.05. The molecule has 12 heavy (non-hydrogen) atoms. The van der Waals surface area contributed by atoms with Gasteiger partial charge in [-0.1, -0.05) is 18.5 Å². The van der Waals surface area contributed by atoms with E-state index >= 15 is 0 Å². The average Bonchev–Trinajstić information content (AvgIpc) is 2.07. The Morgan fingerprint density at radius 2 is 2.42 bits per heavy atom. The molecule has 1 aliphatic rings. The van der Waals surface area contributed by atoms with Gasteiger partial charge in [0, 0.05) is 16.9 Å². The Morgan fingerprint density at radius 3 is 3.25 bits per heavy atom. The molecule has 1 unspecified atom stereocenters. The lowest BCUT2D eigenvalue weighted by Crippen LogP contribution is -2.12. The van der Waals surface area contributed by atoms with Crippen molar-refractivity contribution in [3.63, 3.8) is 0 Å². The van der Waals surface area contributed by atoms with Gasteiger partial charge in [-0.25, -0.2) is 0 Å². The molecule has 2 rings (SSSR count). The van der Waals surface area contributed by atoms with E-state index in [1.54, 1.807) is 6.20 Å². The van der Waals surface area contributed by atoms with Crippen molar-refractivity contribution in [2.75, 3.05) is 0 Å². The van der Waals surface area contributed by atoms with Gasteiger partial charge in [0.05, 0.1) is 0 Å². The number of hydrogen-bond acceptors (Lipinski definition) is 1. The zero-order valence-electron chi connectivity index (χ0n) is 7.18. The summed E-state index contributed by atoms with van der Waals surface area (Å²) in [5.41, 5.74) is 2.48. The summed E-state index contributed by atoms with van der Waals surface area (Å²) in [6.07, 6.45) is 5.25. The number of hydrogen-bond donors (Lipinski definition) is 0. The van der Waals surface area contributed by atoms with Gasteiger partial charge in [-0.2, -0.15) is 0 Å². The highest BCUT2D eigenvalue weighted by Gasteiger charge is 2.17. The summed E-state index contributed by atoms with van der Waals surface area (Å²) in [6, 6.07) is 1.89. The maximum atomic E-state index is 6.07. The van der Waals surface area contributed by atoms with Gasteiger partial charge in [-0.15, -0.1) is 0 Å². The van der Waals surface area contributed by atoms with Crippen molar-refractivity contribution in [3.05, 3.63) is 28.5 Å². The lowest BCUT2D eigenvalue weighted by Gasteiger charge is -2.20. The normalized spacial score (nSPS) is 22.0. The Bertz CT molecular complexity index is 296. The molecule has 1 aromatic rings. The summed E-state index contributed by atoms with van der Waals surface area (Å²) >= 11 is 6.07. The van der Waals surface area contributed by atoms with Crippen molar-refractivity contribution in [1.82, 2.24) is 4.98 Å². The highest BCUT2D eigenvalue weighted by Crippen LogP contribution is 2.28. The maximum absolute atomic E-state index is 6.07. The largest absolute Gasteiger partial charge is 0.261 e. The third-order valence-electron chi connectivity index (χ3n) is 2.51. The zero-order chi connectivity index (χ0) is 8.55. The summed E-state index contributed by atoms with van der Waals surface area (Å²) in [6.45, 7) is 2.27. The maximum Gasteiger partial charge on any atom is 0.0471 e. The summed E-state index contributed by atoms with van der Waals surface area (Å²) in [7, 11) is 0. The molecule has 0 N–H and O–H groups in total. The van der Waals surface area contributed by atoms with Gasteiger partial charge >= 0.3 is 0 Å². The second kappa shape index (κ2) is 3.06. The fourth-order valence-electron chi connectivity index (χ4n) is 1.77. The number of fused-ring (bicyclic) bond motifs is 1. The van der Waals surface area contributed by atoms with Crippen LogP contribution in [0.4, 0.5) is 0 Å². The molecule has 0 saturated heterocycles. The monoisotopic (exact) mass is 181 g/mol. The summed E-state index contributed by atoms with van der Waals surface area (Å²) < 4.78 is 0. The van der Waals surface area contributed by atoms with Crippen LogP contribution >= 0.6 is 11.6 Å². The topological polar surface area (TPSA) is 12.9 Å². The van der Waals surface area contributed by atoms with Crippen LogP contribution in [0.25, 0.3) is 0 Å². The van der Waals surface area contributed by atoms with Crippen molar-refractivity contribution in [3.8, 4) is 0 Å². The summed E-state index contributed by atoms with van der Waals surface area (Å²) in [4.78, 5) is 4.33. The molecule has 1 nitrogen and oxygen atoms in total. The van der Waals surface area contributed by atoms with Crippen molar-refractivity contribution < 1.29 is 0 Å². The van der Waals surface area contributed by atoms with E-state index in [9.17, 15) is 0 Å². The van der Waals surface area contributed by atoms with Crippen LogP contribution in [-0.4, -0.2) is 4.98 Å². The highest BCUT2D eigenvalue weighted by atomic mass is 35.5. The van der Waals surface area contributed by atoms with Crippen LogP contribution in [0.2, 0.25) is 5.02 Å². The minimum atomic E-state index is 0.763. The van der Waals surface area contributed by atoms with Gasteiger partial charge in [-0.3, -0.25) is 4.98 Å². The number of halogens is 1. The molecule has 0 bridgehead atoms. The summed E-state index contributed by atoms with van der Waals surface area (Å²) in [5, 5.41) is 0.895. The first-order valence-electron chi connectivity index (χ1n) is 4.39. The number of aryl methyl sites for hydroxylation is 1. The van der Waals surface area contributed by atoms with Crippen LogP contribution in [0, 0.1) is 5.92 Å². The van der Waals surface area contributed by atoms with Crippen LogP contribution in [0.1, 0.15) is 24.6 Å². The molecule has 0 amide bonds. The van der Waals surface area contributed by atoms with Crippen LogP contribution in [0.15, 0.2) is 12.3 Å². The predicted octanol–water partition coefficient (Wildman–Crippen LogP) is 2.86. The first-order chi connectivity index (χ1) is 5.77. The number of pyridine rings is 1.